The Morgan fingerprint density at radius 2 is 2.50 bits per heavy atom. The summed E-state index contributed by atoms with van der Waals surface area (Å²) in [5.41, 5.74) is 0. The monoisotopic (exact) mass is 162 g/mol. The summed E-state index contributed by atoms with van der Waals surface area (Å²) in [4.78, 5) is 0. The van der Waals surface area contributed by atoms with Gasteiger partial charge in [0.15, 0.2) is 0 Å². The Labute approximate surface area is 66.3 Å². The normalized spacial score (nSPS) is 13.0. The molecule has 0 aliphatic heterocycles. The highest BCUT2D eigenvalue weighted by molar-refractivity contribution is 8.00. The van der Waals surface area contributed by atoms with Gasteiger partial charge in [-0.25, -0.2) is 0 Å². The summed E-state index contributed by atoms with van der Waals surface area (Å²) in [7, 11) is 1.64. The van der Waals surface area contributed by atoms with Gasteiger partial charge in [-0.15, -0.1) is 18.3 Å². The van der Waals surface area contributed by atoms with E-state index in [4.69, 9.17) is 9.84 Å². The molecule has 2 nitrogen and oxygen atoms in total. The van der Waals surface area contributed by atoms with Gasteiger partial charge in [-0.05, 0) is 0 Å². The maximum Gasteiger partial charge on any atom is 0.0603 e. The van der Waals surface area contributed by atoms with E-state index in [1.165, 1.54) is 0 Å². The van der Waals surface area contributed by atoms with Gasteiger partial charge in [-0.2, -0.15) is 0 Å². The second-order valence-corrected chi connectivity index (χ2v) is 3.22. The van der Waals surface area contributed by atoms with Gasteiger partial charge in [0.2, 0.25) is 0 Å². The van der Waals surface area contributed by atoms with E-state index in [1.807, 2.05) is 6.08 Å². The van der Waals surface area contributed by atoms with Crippen LogP contribution in [-0.4, -0.2) is 36.4 Å². The summed E-state index contributed by atoms with van der Waals surface area (Å²) < 4.78 is 4.88. The highest BCUT2D eigenvalue weighted by atomic mass is 32.2. The van der Waals surface area contributed by atoms with Gasteiger partial charge in [0.25, 0.3) is 0 Å². The van der Waals surface area contributed by atoms with Gasteiger partial charge in [0.05, 0.1) is 18.5 Å². The fourth-order valence-corrected chi connectivity index (χ4v) is 1.29. The zero-order valence-corrected chi connectivity index (χ0v) is 7.06. The lowest BCUT2D eigenvalue weighted by molar-refractivity contribution is 0.172. The molecule has 0 fully saturated rings. The Morgan fingerprint density at radius 3 is 2.90 bits per heavy atom. The summed E-state index contributed by atoms with van der Waals surface area (Å²) in [6.45, 7) is 4.36. The molecule has 0 amide bonds. The lowest BCUT2D eigenvalue weighted by Gasteiger charge is -2.10. The summed E-state index contributed by atoms with van der Waals surface area (Å²) in [6.07, 6.45) is 1.82. The third-order valence-corrected chi connectivity index (χ3v) is 2.19. The first-order valence-corrected chi connectivity index (χ1v) is 4.22. The molecule has 0 spiro atoms. The molecule has 0 radical (unpaired) electrons. The molecule has 0 saturated heterocycles. The van der Waals surface area contributed by atoms with E-state index in [1.54, 1.807) is 18.9 Å². The van der Waals surface area contributed by atoms with Crippen molar-refractivity contribution < 1.29 is 9.84 Å². The topological polar surface area (TPSA) is 29.5 Å². The van der Waals surface area contributed by atoms with Gasteiger partial charge >= 0.3 is 0 Å². The molecule has 0 aromatic carbocycles. The Balaban J connectivity index is 3.29. The first kappa shape index (κ1) is 10.0. The molecule has 60 valence electrons. The molecule has 0 aliphatic carbocycles. The number of ether oxygens (including phenoxy) is 1. The van der Waals surface area contributed by atoms with Crippen molar-refractivity contribution in [3.8, 4) is 0 Å². The second-order valence-electron chi connectivity index (χ2n) is 1.88. The highest BCUT2D eigenvalue weighted by Gasteiger charge is 2.04. The van der Waals surface area contributed by atoms with Gasteiger partial charge in [-0.1, -0.05) is 6.08 Å². The van der Waals surface area contributed by atoms with Crippen molar-refractivity contribution in [2.75, 3.05) is 26.1 Å². The molecule has 0 saturated carbocycles. The Kier molecular flexibility index (Phi) is 7.13. The van der Waals surface area contributed by atoms with E-state index in [-0.39, 0.29) is 11.9 Å². The van der Waals surface area contributed by atoms with E-state index >= 15 is 0 Å². The molecule has 0 rings (SSSR count). The van der Waals surface area contributed by atoms with Crippen molar-refractivity contribution in [2.45, 2.75) is 5.25 Å². The molecule has 0 heterocycles. The molecule has 0 aromatic rings. The predicted octanol–water partition coefficient (Wildman–Crippen LogP) is 0.913. The minimum atomic E-state index is 0.173. The summed E-state index contributed by atoms with van der Waals surface area (Å²) in [6, 6.07) is 0. The van der Waals surface area contributed by atoms with E-state index < -0.39 is 0 Å². The van der Waals surface area contributed by atoms with E-state index in [0.717, 1.165) is 5.75 Å². The number of thioether (sulfide) groups is 1. The smallest absolute Gasteiger partial charge is 0.0603 e. The lowest BCUT2D eigenvalue weighted by atomic mass is 10.5. The van der Waals surface area contributed by atoms with Crippen LogP contribution in [0.3, 0.4) is 0 Å². The lowest BCUT2D eigenvalue weighted by Crippen LogP contribution is -2.15. The molecule has 1 N–H and O–H groups in total. The zero-order chi connectivity index (χ0) is 7.82. The largest absolute Gasteiger partial charge is 0.395 e. The first-order valence-electron chi connectivity index (χ1n) is 3.17. The average molecular weight is 162 g/mol. The first-order chi connectivity index (χ1) is 4.85. The molecule has 0 bridgehead atoms. The maximum absolute atomic E-state index is 8.75. The second kappa shape index (κ2) is 7.12. The van der Waals surface area contributed by atoms with E-state index in [9.17, 15) is 0 Å². The molecule has 10 heavy (non-hydrogen) atoms. The molecule has 1 atom stereocenters. The average Bonchev–Trinajstić information content (AvgIpc) is 1.98. The van der Waals surface area contributed by atoms with Crippen LogP contribution in [0, 0.1) is 0 Å². The van der Waals surface area contributed by atoms with Crippen molar-refractivity contribution in [3.05, 3.63) is 12.7 Å². The van der Waals surface area contributed by atoms with Crippen LogP contribution < -0.4 is 0 Å². The van der Waals surface area contributed by atoms with Gasteiger partial charge in [-0.3, -0.25) is 0 Å². The van der Waals surface area contributed by atoms with Crippen LogP contribution in [-0.2, 0) is 4.74 Å². The van der Waals surface area contributed by atoms with Crippen molar-refractivity contribution >= 4 is 11.8 Å². The van der Waals surface area contributed by atoms with Crippen molar-refractivity contribution in [3.63, 3.8) is 0 Å². The van der Waals surface area contributed by atoms with Crippen LogP contribution in [0.25, 0.3) is 0 Å². The maximum atomic E-state index is 8.75. The Bertz CT molecular complexity index is 85.7. The van der Waals surface area contributed by atoms with Crippen LogP contribution in [0.4, 0.5) is 0 Å². The summed E-state index contributed by atoms with van der Waals surface area (Å²) >= 11 is 1.65. The van der Waals surface area contributed by atoms with Crippen LogP contribution >= 0.6 is 11.8 Å². The molecule has 0 aliphatic rings. The number of hydrogen-bond acceptors (Lipinski definition) is 3. The Morgan fingerprint density at radius 1 is 1.80 bits per heavy atom. The van der Waals surface area contributed by atoms with Gasteiger partial charge in [0.1, 0.15) is 0 Å². The minimum absolute atomic E-state index is 0.173. The van der Waals surface area contributed by atoms with Gasteiger partial charge in [0, 0.05) is 12.9 Å². The van der Waals surface area contributed by atoms with Crippen molar-refractivity contribution in [1.82, 2.24) is 0 Å². The van der Waals surface area contributed by atoms with Crippen LogP contribution in [0.1, 0.15) is 0 Å². The van der Waals surface area contributed by atoms with Crippen molar-refractivity contribution in [2.24, 2.45) is 0 Å². The van der Waals surface area contributed by atoms with Crippen molar-refractivity contribution in [1.29, 1.82) is 0 Å². The zero-order valence-electron chi connectivity index (χ0n) is 6.25. The SMILES string of the molecule is C=CCSC(CO)COC. The van der Waals surface area contributed by atoms with Crippen LogP contribution in [0.15, 0.2) is 12.7 Å². The number of hydrogen-bond donors (Lipinski definition) is 1. The van der Waals surface area contributed by atoms with Crippen LogP contribution in [0.2, 0.25) is 0 Å². The molecular weight excluding hydrogens is 148 g/mol. The quantitative estimate of drug-likeness (QED) is 0.589. The number of rotatable bonds is 6. The number of methoxy groups -OCH3 is 1. The third kappa shape index (κ3) is 4.85. The van der Waals surface area contributed by atoms with E-state index in [2.05, 4.69) is 6.58 Å². The molecule has 3 heteroatoms. The summed E-state index contributed by atoms with van der Waals surface area (Å²) in [5.74, 6) is 0.870. The fourth-order valence-electron chi connectivity index (χ4n) is 0.544. The standard InChI is InChI=1S/C7H14O2S/c1-3-4-10-7(5-8)6-9-2/h3,7-8H,1,4-6H2,2H3. The minimum Gasteiger partial charge on any atom is -0.395 e. The number of aliphatic hydroxyl groups is 1. The highest BCUT2D eigenvalue weighted by Crippen LogP contribution is 2.09. The van der Waals surface area contributed by atoms with Crippen LogP contribution in [0.5, 0.6) is 0 Å². The third-order valence-electron chi connectivity index (χ3n) is 1.01. The predicted molar refractivity (Wildman–Crippen MR) is 45.4 cm³/mol. The van der Waals surface area contributed by atoms with E-state index in [0.29, 0.717) is 6.61 Å². The molecule has 1 unspecified atom stereocenters. The fraction of sp³-hybridized carbons (Fsp3) is 0.714. The van der Waals surface area contributed by atoms with Gasteiger partial charge < -0.3 is 9.84 Å². The Hall–Kier alpha value is 0.01000. The number of aliphatic hydroxyl groups excluding tert-OH is 1. The summed E-state index contributed by atoms with van der Waals surface area (Å²) in [5, 5.41) is 8.95. The molecule has 0 aromatic heterocycles. The molecular formula is C7H14O2S.